The monoisotopic (exact) mass is 328 g/mol. The second-order valence-corrected chi connectivity index (χ2v) is 5.12. The van der Waals surface area contributed by atoms with E-state index in [0.717, 1.165) is 0 Å². The molecule has 0 amide bonds. The highest BCUT2D eigenvalue weighted by molar-refractivity contribution is 9.10. The smallest absolute Gasteiger partial charge is 0.394 e. The molecule has 1 aliphatic carbocycles. The van der Waals surface area contributed by atoms with Crippen LogP contribution in [0.2, 0.25) is 0 Å². The molecule has 8 heteroatoms. The van der Waals surface area contributed by atoms with Crippen LogP contribution in [0, 0.1) is 0 Å². The van der Waals surface area contributed by atoms with E-state index in [1.165, 1.54) is 7.05 Å². The molecule has 1 spiro atoms. The van der Waals surface area contributed by atoms with Gasteiger partial charge in [0.1, 0.15) is 5.70 Å². The highest BCUT2D eigenvalue weighted by Gasteiger charge is 2.55. The zero-order valence-corrected chi connectivity index (χ0v) is 11.1. The number of rotatable bonds is 0. The standard InChI is InChI=1S/C10H12BrF3N2O2/c1-16-7-5(11)4-9(17-2-3-18-9)6(7)8(15)10(12,13)14/h5H,2-4,15H2,1H3/b8-6+,16-7?. The van der Waals surface area contributed by atoms with Gasteiger partial charge in [-0.05, 0) is 0 Å². The third-order valence-corrected chi connectivity index (χ3v) is 3.71. The lowest BCUT2D eigenvalue weighted by atomic mass is 10.1. The number of aliphatic imine (C=N–C) groups is 1. The van der Waals surface area contributed by atoms with Gasteiger partial charge in [0.05, 0.1) is 29.3 Å². The first-order chi connectivity index (χ1) is 8.32. The molecule has 1 atom stereocenters. The molecule has 2 aliphatic rings. The minimum absolute atomic E-state index is 0.197. The van der Waals surface area contributed by atoms with E-state index >= 15 is 0 Å². The van der Waals surface area contributed by atoms with Crippen molar-refractivity contribution in [2.24, 2.45) is 10.7 Å². The van der Waals surface area contributed by atoms with Crippen molar-refractivity contribution in [1.29, 1.82) is 0 Å². The number of hydrogen-bond donors (Lipinski definition) is 1. The summed E-state index contributed by atoms with van der Waals surface area (Å²) >= 11 is 3.28. The van der Waals surface area contributed by atoms with Gasteiger partial charge in [0.2, 0.25) is 0 Å². The van der Waals surface area contributed by atoms with E-state index in [2.05, 4.69) is 20.9 Å². The van der Waals surface area contributed by atoms with Crippen molar-refractivity contribution in [3.63, 3.8) is 0 Å². The first kappa shape index (κ1) is 13.8. The minimum atomic E-state index is -4.63. The average molecular weight is 329 g/mol. The maximum absolute atomic E-state index is 12.8. The maximum atomic E-state index is 12.8. The molecule has 0 bridgehead atoms. The molecule has 1 saturated heterocycles. The van der Waals surface area contributed by atoms with Crippen molar-refractivity contribution >= 4 is 21.6 Å². The molecule has 18 heavy (non-hydrogen) atoms. The molecule has 2 N–H and O–H groups in total. The van der Waals surface area contributed by atoms with Crippen molar-refractivity contribution in [2.75, 3.05) is 20.3 Å². The lowest BCUT2D eigenvalue weighted by molar-refractivity contribution is -0.128. The van der Waals surface area contributed by atoms with Crippen LogP contribution in [0.25, 0.3) is 0 Å². The van der Waals surface area contributed by atoms with Gasteiger partial charge in [-0.3, -0.25) is 4.99 Å². The summed E-state index contributed by atoms with van der Waals surface area (Å²) < 4.78 is 49.2. The van der Waals surface area contributed by atoms with E-state index in [4.69, 9.17) is 15.2 Å². The Morgan fingerprint density at radius 2 is 2.00 bits per heavy atom. The molecule has 0 aromatic carbocycles. The molecular formula is C10H12BrF3N2O2. The largest absolute Gasteiger partial charge is 0.431 e. The highest BCUT2D eigenvalue weighted by Crippen LogP contribution is 2.46. The SMILES string of the molecule is CN=C1/C(=C(\N)C(F)(F)F)C2(CC1Br)OCCO2. The van der Waals surface area contributed by atoms with Crippen LogP contribution >= 0.6 is 15.9 Å². The number of allylic oxidation sites excluding steroid dienone is 1. The van der Waals surface area contributed by atoms with Crippen molar-refractivity contribution in [2.45, 2.75) is 23.2 Å². The molecular weight excluding hydrogens is 317 g/mol. The van der Waals surface area contributed by atoms with Gasteiger partial charge in [-0.15, -0.1) is 0 Å². The van der Waals surface area contributed by atoms with E-state index < -0.39 is 17.7 Å². The quantitative estimate of drug-likeness (QED) is 0.689. The third-order valence-electron chi connectivity index (χ3n) is 2.95. The predicted octanol–water partition coefficient (Wildman–Crippen LogP) is 1.74. The highest BCUT2D eigenvalue weighted by atomic mass is 79.9. The Balaban J connectivity index is 2.57. The Kier molecular flexibility index (Phi) is 3.46. The summed E-state index contributed by atoms with van der Waals surface area (Å²) in [6, 6.07) is 0. The minimum Gasteiger partial charge on any atom is -0.394 e. The Hall–Kier alpha value is -0.600. The van der Waals surface area contributed by atoms with Gasteiger partial charge < -0.3 is 15.2 Å². The molecule has 4 nitrogen and oxygen atoms in total. The molecule has 1 saturated carbocycles. The number of ether oxygens (including phenoxy) is 2. The molecule has 1 aliphatic heterocycles. The van der Waals surface area contributed by atoms with Crippen LogP contribution in [0.4, 0.5) is 13.2 Å². The van der Waals surface area contributed by atoms with Crippen LogP contribution in [0.15, 0.2) is 16.3 Å². The zero-order chi connectivity index (χ0) is 13.6. The molecule has 102 valence electrons. The third kappa shape index (κ3) is 2.06. The number of halogens is 4. The normalized spacial score (nSPS) is 32.5. The van der Waals surface area contributed by atoms with Gasteiger partial charge in [-0.25, -0.2) is 0 Å². The lowest BCUT2D eigenvalue weighted by Gasteiger charge is -2.25. The predicted molar refractivity (Wildman–Crippen MR) is 62.6 cm³/mol. The number of hydrogen-bond acceptors (Lipinski definition) is 4. The number of nitrogens with zero attached hydrogens (tertiary/aromatic N) is 1. The Labute approximate surface area is 110 Å². The van der Waals surface area contributed by atoms with Crippen molar-refractivity contribution in [3.05, 3.63) is 11.3 Å². The lowest BCUT2D eigenvalue weighted by Crippen LogP contribution is -2.35. The summed E-state index contributed by atoms with van der Waals surface area (Å²) in [6.45, 7) is 0.483. The van der Waals surface area contributed by atoms with E-state index in [-0.39, 0.29) is 35.7 Å². The van der Waals surface area contributed by atoms with Gasteiger partial charge in [-0.1, -0.05) is 15.9 Å². The van der Waals surface area contributed by atoms with E-state index in [1.54, 1.807) is 0 Å². The van der Waals surface area contributed by atoms with Gasteiger partial charge >= 0.3 is 6.18 Å². The van der Waals surface area contributed by atoms with E-state index in [9.17, 15) is 13.2 Å². The number of nitrogens with two attached hydrogens (primary N) is 1. The maximum Gasteiger partial charge on any atom is 0.431 e. The summed E-state index contributed by atoms with van der Waals surface area (Å²) in [7, 11) is 1.42. The second kappa shape index (κ2) is 4.50. The molecule has 1 heterocycles. The molecule has 2 fully saturated rings. The molecule has 1 unspecified atom stereocenters. The molecule has 2 rings (SSSR count). The summed E-state index contributed by atoms with van der Waals surface area (Å²) in [6.07, 6.45) is -4.41. The second-order valence-electron chi connectivity index (χ2n) is 4.02. The Morgan fingerprint density at radius 3 is 2.44 bits per heavy atom. The van der Waals surface area contributed by atoms with Crippen LogP contribution in [0.5, 0.6) is 0 Å². The Morgan fingerprint density at radius 1 is 1.44 bits per heavy atom. The van der Waals surface area contributed by atoms with Crippen LogP contribution in [0.1, 0.15) is 6.42 Å². The zero-order valence-electron chi connectivity index (χ0n) is 9.55. The Bertz CT molecular complexity index is 414. The van der Waals surface area contributed by atoms with E-state index in [1.807, 2.05) is 0 Å². The molecule has 0 aromatic heterocycles. The van der Waals surface area contributed by atoms with Crippen molar-refractivity contribution < 1.29 is 22.6 Å². The molecule has 0 radical (unpaired) electrons. The first-order valence-electron chi connectivity index (χ1n) is 5.28. The van der Waals surface area contributed by atoms with Gasteiger partial charge in [0.15, 0.2) is 5.79 Å². The van der Waals surface area contributed by atoms with Crippen LogP contribution in [-0.2, 0) is 9.47 Å². The van der Waals surface area contributed by atoms with Crippen molar-refractivity contribution in [1.82, 2.24) is 0 Å². The fraction of sp³-hybridized carbons (Fsp3) is 0.700. The van der Waals surface area contributed by atoms with Crippen molar-refractivity contribution in [3.8, 4) is 0 Å². The molecule has 0 aromatic rings. The van der Waals surface area contributed by atoms with E-state index in [0.29, 0.717) is 0 Å². The fourth-order valence-corrected chi connectivity index (χ4v) is 3.10. The summed E-state index contributed by atoms with van der Waals surface area (Å²) in [5.41, 5.74) is 4.06. The van der Waals surface area contributed by atoms with Gasteiger partial charge in [0.25, 0.3) is 0 Å². The van der Waals surface area contributed by atoms with Gasteiger partial charge in [0, 0.05) is 13.5 Å². The topological polar surface area (TPSA) is 56.8 Å². The summed E-state index contributed by atoms with van der Waals surface area (Å²) in [5.74, 6) is -1.41. The first-order valence-corrected chi connectivity index (χ1v) is 6.20. The van der Waals surface area contributed by atoms with Crippen LogP contribution in [-0.4, -0.2) is 42.8 Å². The van der Waals surface area contributed by atoms with Crippen LogP contribution < -0.4 is 5.73 Å². The summed E-state index contributed by atoms with van der Waals surface area (Å²) in [4.78, 5) is 3.51. The van der Waals surface area contributed by atoms with Gasteiger partial charge in [-0.2, -0.15) is 13.2 Å². The van der Waals surface area contributed by atoms with Crippen LogP contribution in [0.3, 0.4) is 0 Å². The number of alkyl halides is 4. The fourth-order valence-electron chi connectivity index (χ4n) is 2.24. The average Bonchev–Trinajstić information content (AvgIpc) is 2.82. The summed E-state index contributed by atoms with van der Waals surface area (Å²) in [5, 5.41) is 0.